The molecule has 28 heavy (non-hydrogen) atoms. The second-order valence-corrected chi connectivity index (χ2v) is 7.42. The number of anilines is 1. The SMILES string of the molecule is CCC(C)C(=O)Nc1cccc(C(=O)NCc2nc(C)c3c(n2)CCCC3)c1. The van der Waals surface area contributed by atoms with Gasteiger partial charge in [-0.2, -0.15) is 0 Å². The first-order chi connectivity index (χ1) is 13.5. The van der Waals surface area contributed by atoms with E-state index in [-0.39, 0.29) is 24.3 Å². The number of carbonyl (C=O) groups excluding carboxylic acids is 2. The van der Waals surface area contributed by atoms with E-state index in [1.54, 1.807) is 24.3 Å². The standard InChI is InChI=1S/C22H28N4O2/c1-4-14(2)21(27)25-17-9-7-8-16(12-17)22(28)23-13-20-24-15(3)18-10-5-6-11-19(18)26-20/h7-9,12,14H,4-6,10-11,13H2,1-3H3,(H,23,28)(H,25,27). The van der Waals surface area contributed by atoms with E-state index in [4.69, 9.17) is 0 Å². The number of nitrogens with one attached hydrogen (secondary N) is 2. The molecule has 1 unspecified atom stereocenters. The number of rotatable bonds is 6. The van der Waals surface area contributed by atoms with E-state index in [0.717, 1.165) is 37.1 Å². The van der Waals surface area contributed by atoms with Gasteiger partial charge in [0.2, 0.25) is 5.91 Å². The lowest BCUT2D eigenvalue weighted by Crippen LogP contribution is -2.25. The summed E-state index contributed by atoms with van der Waals surface area (Å²) in [5, 5.41) is 5.75. The molecule has 0 saturated heterocycles. The van der Waals surface area contributed by atoms with E-state index in [1.807, 2.05) is 20.8 Å². The van der Waals surface area contributed by atoms with E-state index in [2.05, 4.69) is 20.6 Å². The van der Waals surface area contributed by atoms with Crippen LogP contribution in [0.1, 0.15) is 66.2 Å². The quantitative estimate of drug-likeness (QED) is 0.802. The van der Waals surface area contributed by atoms with E-state index >= 15 is 0 Å². The van der Waals surface area contributed by atoms with Gasteiger partial charge in [0, 0.05) is 28.6 Å². The monoisotopic (exact) mass is 380 g/mol. The molecule has 2 N–H and O–H groups in total. The Bertz CT molecular complexity index is 879. The minimum atomic E-state index is -0.210. The fourth-order valence-corrected chi connectivity index (χ4v) is 3.37. The molecule has 1 heterocycles. The third-order valence-corrected chi connectivity index (χ3v) is 5.30. The minimum absolute atomic E-state index is 0.0435. The summed E-state index contributed by atoms with van der Waals surface area (Å²) in [6, 6.07) is 6.97. The van der Waals surface area contributed by atoms with Crippen LogP contribution in [-0.2, 0) is 24.2 Å². The largest absolute Gasteiger partial charge is 0.345 e. The van der Waals surface area contributed by atoms with Crippen molar-refractivity contribution in [1.82, 2.24) is 15.3 Å². The predicted molar refractivity (Wildman–Crippen MR) is 109 cm³/mol. The van der Waals surface area contributed by atoms with Crippen LogP contribution < -0.4 is 10.6 Å². The summed E-state index contributed by atoms with van der Waals surface area (Å²) in [6.07, 6.45) is 5.15. The van der Waals surface area contributed by atoms with E-state index < -0.39 is 0 Å². The highest BCUT2D eigenvalue weighted by atomic mass is 16.2. The molecule has 0 fully saturated rings. The van der Waals surface area contributed by atoms with Crippen LogP contribution in [0, 0.1) is 12.8 Å². The number of fused-ring (bicyclic) bond motifs is 1. The molecule has 148 valence electrons. The van der Waals surface area contributed by atoms with Crippen molar-refractivity contribution in [1.29, 1.82) is 0 Å². The maximum atomic E-state index is 12.5. The van der Waals surface area contributed by atoms with Gasteiger partial charge in [0.1, 0.15) is 5.82 Å². The molecule has 2 aromatic rings. The van der Waals surface area contributed by atoms with E-state index in [9.17, 15) is 9.59 Å². The van der Waals surface area contributed by atoms with Crippen molar-refractivity contribution in [3.8, 4) is 0 Å². The molecule has 0 spiro atoms. The molecule has 3 rings (SSSR count). The fourth-order valence-electron chi connectivity index (χ4n) is 3.37. The molecule has 1 aliphatic carbocycles. The van der Waals surface area contributed by atoms with Crippen LogP contribution >= 0.6 is 0 Å². The average molecular weight is 380 g/mol. The zero-order valence-electron chi connectivity index (χ0n) is 16.8. The van der Waals surface area contributed by atoms with Crippen LogP contribution in [0.2, 0.25) is 0 Å². The summed E-state index contributed by atoms with van der Waals surface area (Å²) in [4.78, 5) is 33.8. The summed E-state index contributed by atoms with van der Waals surface area (Å²) in [5.74, 6) is 0.325. The van der Waals surface area contributed by atoms with Crippen LogP contribution in [0.15, 0.2) is 24.3 Å². The Balaban J connectivity index is 1.65. The van der Waals surface area contributed by atoms with Crippen molar-refractivity contribution < 1.29 is 9.59 Å². The van der Waals surface area contributed by atoms with Crippen molar-refractivity contribution in [3.63, 3.8) is 0 Å². The third kappa shape index (κ3) is 4.74. The fraction of sp³-hybridized carbons (Fsp3) is 0.455. The molecule has 6 nitrogen and oxygen atoms in total. The van der Waals surface area contributed by atoms with Gasteiger partial charge in [-0.3, -0.25) is 9.59 Å². The summed E-state index contributed by atoms with van der Waals surface area (Å²) in [7, 11) is 0. The number of amides is 2. The molecule has 0 radical (unpaired) electrons. The molecular formula is C22H28N4O2. The Morgan fingerprint density at radius 2 is 1.96 bits per heavy atom. The summed E-state index contributed by atoms with van der Waals surface area (Å²) < 4.78 is 0. The average Bonchev–Trinajstić information content (AvgIpc) is 2.71. The van der Waals surface area contributed by atoms with Crippen LogP contribution in [0.3, 0.4) is 0 Å². The van der Waals surface area contributed by atoms with Gasteiger partial charge in [-0.1, -0.05) is 19.9 Å². The van der Waals surface area contributed by atoms with E-state index in [0.29, 0.717) is 17.1 Å². The molecule has 0 saturated carbocycles. The highest BCUT2D eigenvalue weighted by molar-refractivity contribution is 5.97. The van der Waals surface area contributed by atoms with Crippen molar-refractivity contribution in [2.45, 2.75) is 59.4 Å². The highest BCUT2D eigenvalue weighted by Gasteiger charge is 2.16. The van der Waals surface area contributed by atoms with Crippen LogP contribution in [0.25, 0.3) is 0 Å². The smallest absolute Gasteiger partial charge is 0.251 e. The Morgan fingerprint density at radius 1 is 1.18 bits per heavy atom. The number of aromatic nitrogens is 2. The zero-order chi connectivity index (χ0) is 20.1. The molecular weight excluding hydrogens is 352 g/mol. The first-order valence-electron chi connectivity index (χ1n) is 10.0. The Kier molecular flexibility index (Phi) is 6.39. The minimum Gasteiger partial charge on any atom is -0.345 e. The van der Waals surface area contributed by atoms with E-state index in [1.165, 1.54) is 12.0 Å². The molecule has 1 aromatic heterocycles. The molecule has 0 bridgehead atoms. The second-order valence-electron chi connectivity index (χ2n) is 7.42. The maximum absolute atomic E-state index is 12.5. The van der Waals surface area contributed by atoms with Gasteiger partial charge in [-0.15, -0.1) is 0 Å². The van der Waals surface area contributed by atoms with Crippen LogP contribution in [-0.4, -0.2) is 21.8 Å². The van der Waals surface area contributed by atoms with Crippen molar-refractivity contribution in [2.24, 2.45) is 5.92 Å². The highest BCUT2D eigenvalue weighted by Crippen LogP contribution is 2.21. The Hall–Kier alpha value is -2.76. The van der Waals surface area contributed by atoms with Gasteiger partial charge in [0.25, 0.3) is 5.91 Å². The van der Waals surface area contributed by atoms with Crippen molar-refractivity contribution >= 4 is 17.5 Å². The number of hydrogen-bond acceptors (Lipinski definition) is 4. The lowest BCUT2D eigenvalue weighted by Gasteiger charge is -2.17. The van der Waals surface area contributed by atoms with Crippen LogP contribution in [0.4, 0.5) is 5.69 Å². The predicted octanol–water partition coefficient (Wildman–Crippen LogP) is 3.58. The van der Waals surface area contributed by atoms with Gasteiger partial charge in [-0.25, -0.2) is 9.97 Å². The number of aryl methyl sites for hydroxylation is 2. The first kappa shape index (κ1) is 20.0. The summed E-state index contributed by atoms with van der Waals surface area (Å²) in [6.45, 7) is 6.15. The van der Waals surface area contributed by atoms with Crippen molar-refractivity contribution in [2.75, 3.05) is 5.32 Å². The topological polar surface area (TPSA) is 84.0 Å². The molecule has 2 amide bonds. The van der Waals surface area contributed by atoms with Gasteiger partial charge >= 0.3 is 0 Å². The lowest BCUT2D eigenvalue weighted by molar-refractivity contribution is -0.119. The van der Waals surface area contributed by atoms with Gasteiger partial charge in [0.05, 0.1) is 6.54 Å². The number of nitrogens with zero attached hydrogens (tertiary/aromatic N) is 2. The number of benzene rings is 1. The summed E-state index contributed by atoms with van der Waals surface area (Å²) in [5.41, 5.74) is 4.53. The van der Waals surface area contributed by atoms with Gasteiger partial charge < -0.3 is 10.6 Å². The van der Waals surface area contributed by atoms with Crippen LogP contribution in [0.5, 0.6) is 0 Å². The molecule has 0 aliphatic heterocycles. The van der Waals surface area contributed by atoms with Gasteiger partial charge in [0.15, 0.2) is 0 Å². The van der Waals surface area contributed by atoms with Crippen molar-refractivity contribution in [3.05, 3.63) is 52.6 Å². The normalized spacial score (nSPS) is 14.1. The third-order valence-electron chi connectivity index (χ3n) is 5.30. The molecule has 1 aromatic carbocycles. The number of carbonyl (C=O) groups is 2. The first-order valence-corrected chi connectivity index (χ1v) is 10.0. The zero-order valence-corrected chi connectivity index (χ0v) is 16.8. The molecule has 1 atom stereocenters. The maximum Gasteiger partial charge on any atom is 0.251 e. The molecule has 1 aliphatic rings. The Labute approximate surface area is 166 Å². The lowest BCUT2D eigenvalue weighted by atomic mass is 9.95. The summed E-state index contributed by atoms with van der Waals surface area (Å²) >= 11 is 0. The van der Waals surface area contributed by atoms with Gasteiger partial charge in [-0.05, 0) is 62.8 Å². The molecule has 6 heteroatoms. The second kappa shape index (κ2) is 8.95. The Morgan fingerprint density at radius 3 is 2.75 bits per heavy atom. The number of hydrogen-bond donors (Lipinski definition) is 2.